The minimum atomic E-state index is -6.03. The molecule has 0 aromatic heterocycles. The third-order valence-corrected chi connectivity index (χ3v) is 5.19. The van der Waals surface area contributed by atoms with E-state index >= 15 is 0 Å². The molecule has 0 atom stereocenters. The summed E-state index contributed by atoms with van der Waals surface area (Å²) in [6.07, 6.45) is -10.3. The normalized spacial score (nSPS) is 14.6. The zero-order chi connectivity index (χ0) is 24.4. The Morgan fingerprint density at radius 3 is 1.94 bits per heavy atom. The maximum Gasteiger partial charge on any atom is 0.430 e. The van der Waals surface area contributed by atoms with E-state index in [1.807, 2.05) is 0 Å². The van der Waals surface area contributed by atoms with E-state index in [1.54, 1.807) is 30.3 Å². The van der Waals surface area contributed by atoms with Gasteiger partial charge >= 0.3 is 12.4 Å². The molecule has 2 aromatic rings. The molecular formula is C22H20F6N2O3. The van der Waals surface area contributed by atoms with E-state index in [0.29, 0.717) is 17.8 Å². The minimum Gasteiger partial charge on any atom is -0.369 e. The number of aliphatic hydroxyl groups is 1. The average molecular weight is 474 g/mol. The minimum absolute atomic E-state index is 0.0445. The molecule has 1 aliphatic carbocycles. The van der Waals surface area contributed by atoms with Crippen LogP contribution in [0, 0.1) is 0 Å². The van der Waals surface area contributed by atoms with Crippen LogP contribution < -0.4 is 10.2 Å². The van der Waals surface area contributed by atoms with E-state index < -0.39 is 29.4 Å². The summed E-state index contributed by atoms with van der Waals surface area (Å²) in [4.78, 5) is 26.3. The highest BCUT2D eigenvalue weighted by atomic mass is 19.4. The van der Waals surface area contributed by atoms with Crippen LogP contribution in [0.4, 0.5) is 32.0 Å². The lowest BCUT2D eigenvalue weighted by Crippen LogP contribution is -2.53. The fourth-order valence-electron chi connectivity index (χ4n) is 3.19. The van der Waals surface area contributed by atoms with Gasteiger partial charge in [0.2, 0.25) is 5.91 Å². The van der Waals surface area contributed by atoms with Crippen LogP contribution in [0.1, 0.15) is 35.2 Å². The van der Waals surface area contributed by atoms with Gasteiger partial charge in [0.1, 0.15) is 0 Å². The highest BCUT2D eigenvalue weighted by Gasteiger charge is 2.71. The predicted octanol–water partition coefficient (Wildman–Crippen LogP) is 4.31. The number of halogens is 6. The number of carbonyl (C=O) groups is 2. The summed E-state index contributed by atoms with van der Waals surface area (Å²) >= 11 is 0. The van der Waals surface area contributed by atoms with Gasteiger partial charge in [0.25, 0.3) is 11.5 Å². The van der Waals surface area contributed by atoms with Crippen molar-refractivity contribution in [3.8, 4) is 0 Å². The monoisotopic (exact) mass is 474 g/mol. The Hall–Kier alpha value is -3.08. The van der Waals surface area contributed by atoms with Gasteiger partial charge in [-0.05, 0) is 37.1 Å². The summed E-state index contributed by atoms with van der Waals surface area (Å²) in [5.41, 5.74) is -6.36. The van der Waals surface area contributed by atoms with Crippen LogP contribution in [0.5, 0.6) is 0 Å². The maximum atomic E-state index is 13.1. The van der Waals surface area contributed by atoms with E-state index in [0.717, 1.165) is 25.0 Å². The first kappa shape index (κ1) is 24.6. The summed E-state index contributed by atoms with van der Waals surface area (Å²) in [7, 11) is 0. The quantitative estimate of drug-likeness (QED) is 0.588. The molecule has 0 spiro atoms. The highest BCUT2D eigenvalue weighted by Crippen LogP contribution is 2.50. The molecular weight excluding hydrogens is 454 g/mol. The van der Waals surface area contributed by atoms with Crippen molar-refractivity contribution < 1.29 is 41.0 Å². The zero-order valence-corrected chi connectivity index (χ0v) is 17.1. The Kier molecular flexibility index (Phi) is 6.73. The molecule has 1 fully saturated rings. The molecule has 11 heteroatoms. The molecule has 2 amide bonds. The summed E-state index contributed by atoms with van der Waals surface area (Å²) in [6.45, 7) is -0.0574. The number of para-hydroxylation sites is 1. The standard InChI is InChI=1S/C22H20F6N2O3/c23-21(24,25)20(33,22(26,27)28)15-8-6-14(7-9-15)19(32)30(17-4-2-1-3-5-17)13-12-18(31)29-16-10-11-16/h1-9,16,33H,10-13H2,(H,29,31). The van der Waals surface area contributed by atoms with Crippen molar-refractivity contribution in [3.05, 3.63) is 65.7 Å². The van der Waals surface area contributed by atoms with Crippen molar-refractivity contribution >= 4 is 17.5 Å². The molecule has 3 rings (SSSR count). The van der Waals surface area contributed by atoms with Crippen LogP contribution in [-0.2, 0) is 10.4 Å². The molecule has 0 aliphatic heterocycles. The van der Waals surface area contributed by atoms with Gasteiger partial charge in [0, 0.05) is 35.8 Å². The maximum absolute atomic E-state index is 13.1. The van der Waals surface area contributed by atoms with E-state index in [1.165, 1.54) is 4.90 Å². The SMILES string of the molecule is O=C(CCN(C(=O)c1ccc(C(O)(C(F)(F)F)C(F)(F)F)cc1)c1ccccc1)NC1CC1. The number of alkyl halides is 6. The number of benzene rings is 2. The van der Waals surface area contributed by atoms with E-state index in [-0.39, 0.29) is 30.5 Å². The first-order chi connectivity index (χ1) is 15.3. The second-order valence-corrected chi connectivity index (χ2v) is 7.67. The van der Waals surface area contributed by atoms with Gasteiger partial charge in [-0.1, -0.05) is 30.3 Å². The van der Waals surface area contributed by atoms with Crippen molar-refractivity contribution in [3.63, 3.8) is 0 Å². The lowest BCUT2D eigenvalue weighted by molar-refractivity contribution is -0.376. The molecule has 0 unspecified atom stereocenters. The van der Waals surface area contributed by atoms with Crippen LogP contribution in [0.2, 0.25) is 0 Å². The summed E-state index contributed by atoms with van der Waals surface area (Å²) in [5, 5.41) is 12.3. The number of carbonyl (C=O) groups excluding carboxylic acids is 2. The summed E-state index contributed by atoms with van der Waals surface area (Å²) < 4.78 is 78.5. The average Bonchev–Trinajstić information content (AvgIpc) is 3.56. The fraction of sp³-hybridized carbons (Fsp3) is 0.364. The van der Waals surface area contributed by atoms with Gasteiger partial charge in [0.05, 0.1) is 0 Å². The Morgan fingerprint density at radius 2 is 1.45 bits per heavy atom. The lowest BCUT2D eigenvalue weighted by Gasteiger charge is -2.32. The molecule has 1 aliphatic rings. The first-order valence-corrected chi connectivity index (χ1v) is 9.97. The van der Waals surface area contributed by atoms with Crippen LogP contribution >= 0.6 is 0 Å². The third kappa shape index (κ3) is 5.29. The molecule has 0 bridgehead atoms. The van der Waals surface area contributed by atoms with Crippen molar-refractivity contribution in [1.29, 1.82) is 0 Å². The van der Waals surface area contributed by atoms with Crippen molar-refractivity contribution in [2.45, 2.75) is 43.3 Å². The number of nitrogens with zero attached hydrogens (tertiary/aromatic N) is 1. The summed E-state index contributed by atoms with van der Waals surface area (Å²) in [6, 6.07) is 10.6. The molecule has 1 saturated carbocycles. The number of rotatable bonds is 7. The molecule has 0 radical (unpaired) electrons. The predicted molar refractivity (Wildman–Crippen MR) is 106 cm³/mol. The largest absolute Gasteiger partial charge is 0.430 e. The van der Waals surface area contributed by atoms with Crippen LogP contribution in [0.3, 0.4) is 0 Å². The molecule has 2 N–H and O–H groups in total. The van der Waals surface area contributed by atoms with Gasteiger partial charge in [-0.2, -0.15) is 26.3 Å². The van der Waals surface area contributed by atoms with Crippen molar-refractivity contribution in [1.82, 2.24) is 5.32 Å². The smallest absolute Gasteiger partial charge is 0.369 e. The molecule has 178 valence electrons. The second kappa shape index (κ2) is 9.05. The van der Waals surface area contributed by atoms with E-state index in [9.17, 15) is 41.0 Å². The second-order valence-electron chi connectivity index (χ2n) is 7.67. The van der Waals surface area contributed by atoms with Gasteiger partial charge in [-0.15, -0.1) is 0 Å². The van der Waals surface area contributed by atoms with Crippen molar-refractivity contribution in [2.75, 3.05) is 11.4 Å². The van der Waals surface area contributed by atoms with Gasteiger partial charge in [-0.3, -0.25) is 9.59 Å². The number of hydrogen-bond donors (Lipinski definition) is 2. The Balaban J connectivity index is 1.86. The van der Waals surface area contributed by atoms with Crippen LogP contribution in [0.25, 0.3) is 0 Å². The van der Waals surface area contributed by atoms with Gasteiger partial charge in [0.15, 0.2) is 0 Å². The molecule has 0 saturated heterocycles. The Bertz CT molecular complexity index is 972. The van der Waals surface area contributed by atoms with E-state index in [2.05, 4.69) is 5.32 Å². The molecule has 33 heavy (non-hydrogen) atoms. The fourth-order valence-corrected chi connectivity index (χ4v) is 3.19. The Labute approximate surface area is 185 Å². The molecule has 2 aromatic carbocycles. The number of anilines is 1. The number of amides is 2. The zero-order valence-electron chi connectivity index (χ0n) is 17.1. The topological polar surface area (TPSA) is 69.6 Å². The van der Waals surface area contributed by atoms with Gasteiger partial charge < -0.3 is 15.3 Å². The molecule has 5 nitrogen and oxygen atoms in total. The molecule has 0 heterocycles. The van der Waals surface area contributed by atoms with Crippen LogP contribution in [0.15, 0.2) is 54.6 Å². The third-order valence-electron chi connectivity index (χ3n) is 5.19. The van der Waals surface area contributed by atoms with E-state index in [4.69, 9.17) is 0 Å². The van der Waals surface area contributed by atoms with Gasteiger partial charge in [-0.25, -0.2) is 0 Å². The van der Waals surface area contributed by atoms with Crippen LogP contribution in [-0.4, -0.2) is 41.9 Å². The first-order valence-electron chi connectivity index (χ1n) is 9.97. The Morgan fingerprint density at radius 1 is 0.909 bits per heavy atom. The highest BCUT2D eigenvalue weighted by molar-refractivity contribution is 6.06. The lowest BCUT2D eigenvalue weighted by atomic mass is 9.91. The number of nitrogens with one attached hydrogen (secondary N) is 1. The number of hydrogen-bond acceptors (Lipinski definition) is 3. The summed E-state index contributed by atoms with van der Waals surface area (Å²) in [5.74, 6) is -1.00. The van der Waals surface area contributed by atoms with Crippen molar-refractivity contribution in [2.24, 2.45) is 0 Å².